The highest BCUT2D eigenvalue weighted by Gasteiger charge is 2.28. The second-order valence-electron chi connectivity index (χ2n) is 6.16. The van der Waals surface area contributed by atoms with E-state index >= 15 is 0 Å². The molecule has 0 bridgehead atoms. The molecular formula is C17H28N2O. The number of ketones is 1. The lowest BCUT2D eigenvalue weighted by molar-refractivity contribution is 0.0858. The molecule has 3 nitrogen and oxygen atoms in total. The van der Waals surface area contributed by atoms with E-state index in [1.807, 2.05) is 10.7 Å². The van der Waals surface area contributed by atoms with E-state index in [1.165, 1.54) is 32.1 Å². The highest BCUT2D eigenvalue weighted by Crippen LogP contribution is 2.33. The number of rotatable bonds is 7. The molecule has 2 rings (SSSR count). The van der Waals surface area contributed by atoms with Crippen LogP contribution in [-0.2, 0) is 6.54 Å². The van der Waals surface area contributed by atoms with E-state index in [1.54, 1.807) is 6.20 Å². The summed E-state index contributed by atoms with van der Waals surface area (Å²) in [6.07, 6.45) is 11.4. The van der Waals surface area contributed by atoms with Gasteiger partial charge in [0.05, 0.1) is 0 Å². The molecule has 0 atom stereocenters. The number of hydrogen-bond acceptors (Lipinski definition) is 2. The molecule has 0 radical (unpaired) electrons. The zero-order valence-corrected chi connectivity index (χ0v) is 13.0. The van der Waals surface area contributed by atoms with Crippen molar-refractivity contribution in [3.05, 3.63) is 18.0 Å². The number of unbranched alkanes of at least 4 members (excludes halogenated alkanes) is 1. The zero-order valence-electron chi connectivity index (χ0n) is 13.0. The minimum absolute atomic E-state index is 0.236. The minimum atomic E-state index is 0.236. The number of aromatic nitrogens is 2. The molecule has 0 spiro atoms. The molecule has 0 amide bonds. The van der Waals surface area contributed by atoms with E-state index in [0.717, 1.165) is 37.4 Å². The third kappa shape index (κ3) is 3.71. The van der Waals surface area contributed by atoms with Crippen molar-refractivity contribution in [1.82, 2.24) is 9.78 Å². The van der Waals surface area contributed by atoms with Crippen molar-refractivity contribution < 1.29 is 4.79 Å². The van der Waals surface area contributed by atoms with Crippen molar-refractivity contribution in [3.63, 3.8) is 0 Å². The Balaban J connectivity index is 1.89. The van der Waals surface area contributed by atoms with Gasteiger partial charge in [-0.2, -0.15) is 5.10 Å². The van der Waals surface area contributed by atoms with Gasteiger partial charge in [0.25, 0.3) is 0 Å². The first-order chi connectivity index (χ1) is 9.76. The highest BCUT2D eigenvalue weighted by atomic mass is 16.1. The normalized spacial score (nSPS) is 22.9. The van der Waals surface area contributed by atoms with Crippen LogP contribution in [0.5, 0.6) is 0 Å². The third-order valence-electron chi connectivity index (χ3n) is 4.59. The zero-order chi connectivity index (χ0) is 14.4. The molecule has 0 saturated heterocycles. The van der Waals surface area contributed by atoms with Crippen LogP contribution in [0.3, 0.4) is 0 Å². The van der Waals surface area contributed by atoms with Gasteiger partial charge in [-0.25, -0.2) is 0 Å². The summed E-state index contributed by atoms with van der Waals surface area (Å²) in [7, 11) is 0. The summed E-state index contributed by atoms with van der Waals surface area (Å²) in [5, 5.41) is 4.27. The summed E-state index contributed by atoms with van der Waals surface area (Å²) >= 11 is 0. The van der Waals surface area contributed by atoms with Crippen LogP contribution in [0, 0.1) is 11.8 Å². The molecular weight excluding hydrogens is 248 g/mol. The average Bonchev–Trinajstić information content (AvgIpc) is 2.93. The Labute approximate surface area is 122 Å². The van der Waals surface area contributed by atoms with Crippen LogP contribution in [0.4, 0.5) is 0 Å². The van der Waals surface area contributed by atoms with Crippen molar-refractivity contribution in [2.24, 2.45) is 11.8 Å². The molecule has 1 heterocycles. The monoisotopic (exact) mass is 276 g/mol. The first kappa shape index (κ1) is 15.3. The molecule has 1 aliphatic rings. The van der Waals surface area contributed by atoms with Crippen molar-refractivity contribution in [2.75, 3.05) is 0 Å². The topological polar surface area (TPSA) is 34.9 Å². The predicted molar refractivity (Wildman–Crippen MR) is 81.8 cm³/mol. The Kier molecular flexibility index (Phi) is 5.81. The minimum Gasteiger partial charge on any atom is -0.292 e. The van der Waals surface area contributed by atoms with Crippen LogP contribution < -0.4 is 0 Å². The van der Waals surface area contributed by atoms with Crippen molar-refractivity contribution in [2.45, 2.75) is 71.8 Å². The first-order valence-corrected chi connectivity index (χ1v) is 8.32. The smallest absolute Gasteiger partial charge is 0.183 e. The van der Waals surface area contributed by atoms with Crippen LogP contribution in [0.15, 0.2) is 12.3 Å². The fourth-order valence-corrected chi connectivity index (χ4v) is 3.35. The average molecular weight is 276 g/mol. The van der Waals surface area contributed by atoms with Crippen LogP contribution in [0.1, 0.15) is 75.7 Å². The van der Waals surface area contributed by atoms with E-state index in [4.69, 9.17) is 0 Å². The maximum absolute atomic E-state index is 12.6. The van der Waals surface area contributed by atoms with Crippen LogP contribution in [0.25, 0.3) is 0 Å². The van der Waals surface area contributed by atoms with E-state index in [0.29, 0.717) is 5.78 Å². The summed E-state index contributed by atoms with van der Waals surface area (Å²) in [6.45, 7) is 5.22. The molecule has 0 aliphatic heterocycles. The van der Waals surface area contributed by atoms with Gasteiger partial charge in [-0.3, -0.25) is 9.48 Å². The molecule has 0 N–H and O–H groups in total. The van der Waals surface area contributed by atoms with E-state index in [2.05, 4.69) is 18.9 Å². The predicted octanol–water partition coefficient (Wildman–Crippen LogP) is 4.47. The lowest BCUT2D eigenvalue weighted by Crippen LogP contribution is -2.24. The van der Waals surface area contributed by atoms with Gasteiger partial charge in [0.15, 0.2) is 5.78 Å². The van der Waals surface area contributed by atoms with Gasteiger partial charge in [-0.1, -0.05) is 33.1 Å². The third-order valence-corrected chi connectivity index (χ3v) is 4.59. The maximum atomic E-state index is 12.6. The van der Waals surface area contributed by atoms with Crippen molar-refractivity contribution in [1.29, 1.82) is 0 Å². The molecule has 1 aromatic heterocycles. The number of nitrogens with zero attached hydrogens (tertiary/aromatic N) is 2. The van der Waals surface area contributed by atoms with Gasteiger partial charge >= 0.3 is 0 Å². The largest absolute Gasteiger partial charge is 0.292 e. The van der Waals surface area contributed by atoms with E-state index in [-0.39, 0.29) is 5.92 Å². The van der Waals surface area contributed by atoms with Gasteiger partial charge in [0.1, 0.15) is 5.69 Å². The van der Waals surface area contributed by atoms with Gasteiger partial charge in [-0.05, 0) is 44.1 Å². The Bertz CT molecular complexity index is 416. The highest BCUT2D eigenvalue weighted by molar-refractivity contribution is 5.96. The Hall–Kier alpha value is -1.12. The van der Waals surface area contributed by atoms with Crippen LogP contribution >= 0.6 is 0 Å². The Morgan fingerprint density at radius 3 is 2.65 bits per heavy atom. The van der Waals surface area contributed by atoms with Crippen molar-refractivity contribution >= 4 is 5.78 Å². The summed E-state index contributed by atoms with van der Waals surface area (Å²) in [5.74, 6) is 1.42. The first-order valence-electron chi connectivity index (χ1n) is 8.32. The number of hydrogen-bond donors (Lipinski definition) is 0. The van der Waals surface area contributed by atoms with Gasteiger partial charge in [-0.15, -0.1) is 0 Å². The fourth-order valence-electron chi connectivity index (χ4n) is 3.35. The van der Waals surface area contributed by atoms with Crippen LogP contribution in [0.2, 0.25) is 0 Å². The van der Waals surface area contributed by atoms with Crippen LogP contribution in [-0.4, -0.2) is 15.6 Å². The SMILES string of the molecule is CCCCC1CCC(C(=O)c2ccnn2CCC)CC1. The molecule has 1 saturated carbocycles. The number of aryl methyl sites for hydroxylation is 1. The lowest BCUT2D eigenvalue weighted by atomic mass is 9.77. The molecule has 3 heteroatoms. The lowest BCUT2D eigenvalue weighted by Gasteiger charge is -2.27. The molecule has 1 aliphatic carbocycles. The summed E-state index contributed by atoms with van der Waals surface area (Å²) < 4.78 is 1.88. The van der Waals surface area contributed by atoms with E-state index < -0.39 is 0 Å². The van der Waals surface area contributed by atoms with Crippen molar-refractivity contribution in [3.8, 4) is 0 Å². The quantitative estimate of drug-likeness (QED) is 0.689. The number of carbonyl (C=O) groups excluding carboxylic acids is 1. The molecule has 112 valence electrons. The Morgan fingerprint density at radius 2 is 2.00 bits per heavy atom. The van der Waals surface area contributed by atoms with E-state index in [9.17, 15) is 4.79 Å². The Morgan fingerprint density at radius 1 is 1.25 bits per heavy atom. The summed E-state index contributed by atoms with van der Waals surface area (Å²) in [4.78, 5) is 12.6. The molecule has 1 aromatic rings. The second-order valence-corrected chi connectivity index (χ2v) is 6.16. The standard InChI is InChI=1S/C17H28N2O/c1-3-5-6-14-7-9-15(10-8-14)17(20)16-11-12-18-19(16)13-4-2/h11-12,14-15H,3-10,13H2,1-2H3. The molecule has 20 heavy (non-hydrogen) atoms. The number of Topliss-reactive ketones (excluding diaryl/α,β-unsaturated/α-hetero) is 1. The summed E-state index contributed by atoms with van der Waals surface area (Å²) in [5.41, 5.74) is 0.823. The summed E-state index contributed by atoms with van der Waals surface area (Å²) in [6, 6.07) is 1.89. The number of carbonyl (C=O) groups is 1. The van der Waals surface area contributed by atoms with Gasteiger partial charge < -0.3 is 0 Å². The van der Waals surface area contributed by atoms with Gasteiger partial charge in [0, 0.05) is 18.7 Å². The molecule has 0 aromatic carbocycles. The fraction of sp³-hybridized carbons (Fsp3) is 0.765. The second kappa shape index (κ2) is 7.61. The molecule has 1 fully saturated rings. The maximum Gasteiger partial charge on any atom is 0.183 e. The molecule has 0 unspecified atom stereocenters. The van der Waals surface area contributed by atoms with Gasteiger partial charge in [0.2, 0.25) is 0 Å².